The summed E-state index contributed by atoms with van der Waals surface area (Å²) in [4.78, 5) is 23.4. The minimum Gasteiger partial charge on any atom is -0.481 e. The van der Waals surface area contributed by atoms with Crippen molar-refractivity contribution in [3.8, 4) is 0 Å². The summed E-state index contributed by atoms with van der Waals surface area (Å²) in [6.45, 7) is 0.157. The lowest BCUT2D eigenvalue weighted by atomic mass is 9.83. The van der Waals surface area contributed by atoms with E-state index in [-0.39, 0.29) is 25.2 Å². The predicted octanol–water partition coefficient (Wildman–Crippen LogP) is 2.47. The fraction of sp³-hybridized carbons (Fsp3) is 0.529. The van der Waals surface area contributed by atoms with Crippen molar-refractivity contribution in [3.05, 3.63) is 35.9 Å². The highest BCUT2D eigenvalue weighted by Gasteiger charge is 2.50. The monoisotopic (exact) mass is 319 g/mol. The van der Waals surface area contributed by atoms with E-state index in [1.807, 2.05) is 30.3 Å². The van der Waals surface area contributed by atoms with Crippen LogP contribution in [0.1, 0.15) is 37.7 Å². The minimum atomic E-state index is -0.942. The third-order valence-electron chi connectivity index (χ3n) is 4.67. The molecule has 6 heteroatoms. The molecule has 2 fully saturated rings. The van der Waals surface area contributed by atoms with Gasteiger partial charge in [-0.1, -0.05) is 30.3 Å². The first-order valence-corrected chi connectivity index (χ1v) is 7.93. The Hall–Kier alpha value is -2.08. The number of rotatable bonds is 5. The van der Waals surface area contributed by atoms with Crippen molar-refractivity contribution >= 4 is 12.1 Å². The van der Waals surface area contributed by atoms with E-state index < -0.39 is 17.6 Å². The molecule has 3 unspecified atom stereocenters. The van der Waals surface area contributed by atoms with E-state index in [1.165, 1.54) is 0 Å². The van der Waals surface area contributed by atoms with Gasteiger partial charge in [-0.25, -0.2) is 4.79 Å². The van der Waals surface area contributed by atoms with Crippen LogP contribution < -0.4 is 5.32 Å². The smallest absolute Gasteiger partial charge is 0.408 e. The topological polar surface area (TPSA) is 84.9 Å². The molecule has 2 N–H and O–H groups in total. The minimum absolute atomic E-state index is 0.148. The fourth-order valence-corrected chi connectivity index (χ4v) is 3.53. The van der Waals surface area contributed by atoms with Crippen LogP contribution in [0.2, 0.25) is 0 Å². The maximum absolute atomic E-state index is 12.2. The van der Waals surface area contributed by atoms with Crippen molar-refractivity contribution < 1.29 is 24.2 Å². The third kappa shape index (κ3) is 3.64. The van der Waals surface area contributed by atoms with Gasteiger partial charge in [0.1, 0.15) is 6.61 Å². The van der Waals surface area contributed by atoms with Gasteiger partial charge in [-0.2, -0.15) is 0 Å². The quantitative estimate of drug-likeness (QED) is 0.871. The van der Waals surface area contributed by atoms with Gasteiger partial charge >= 0.3 is 12.1 Å². The van der Waals surface area contributed by atoms with E-state index in [0.717, 1.165) is 24.8 Å². The fourth-order valence-electron chi connectivity index (χ4n) is 3.53. The van der Waals surface area contributed by atoms with Gasteiger partial charge in [-0.3, -0.25) is 4.79 Å². The van der Waals surface area contributed by atoms with Crippen LogP contribution >= 0.6 is 0 Å². The summed E-state index contributed by atoms with van der Waals surface area (Å²) in [5.74, 6) is -0.942. The Morgan fingerprint density at radius 1 is 1.26 bits per heavy atom. The van der Waals surface area contributed by atoms with Crippen LogP contribution in [0.3, 0.4) is 0 Å². The highest BCUT2D eigenvalue weighted by molar-refractivity contribution is 5.73. The normalized spacial score (nSPS) is 29.0. The summed E-state index contributed by atoms with van der Waals surface area (Å²) in [6.07, 6.45) is 2.28. The molecule has 1 aromatic rings. The van der Waals surface area contributed by atoms with Crippen molar-refractivity contribution in [2.24, 2.45) is 0 Å². The Kier molecular flexibility index (Phi) is 4.52. The number of aliphatic carboxylic acids is 1. The van der Waals surface area contributed by atoms with Gasteiger partial charge in [0.2, 0.25) is 0 Å². The number of carboxylic acids is 1. The van der Waals surface area contributed by atoms with Gasteiger partial charge in [0.15, 0.2) is 0 Å². The average molecular weight is 319 g/mol. The van der Waals surface area contributed by atoms with Crippen LogP contribution in [0.5, 0.6) is 0 Å². The average Bonchev–Trinajstić information content (AvgIpc) is 2.95. The molecule has 3 rings (SSSR count). The Morgan fingerprint density at radius 3 is 2.78 bits per heavy atom. The highest BCUT2D eigenvalue weighted by atomic mass is 16.6. The first-order valence-electron chi connectivity index (χ1n) is 7.93. The van der Waals surface area contributed by atoms with Crippen molar-refractivity contribution in [1.82, 2.24) is 5.32 Å². The molecule has 2 aliphatic heterocycles. The Balaban J connectivity index is 1.64. The van der Waals surface area contributed by atoms with E-state index in [1.54, 1.807) is 0 Å². The number of carbonyl (C=O) groups excluding carboxylic acids is 1. The van der Waals surface area contributed by atoms with E-state index in [2.05, 4.69) is 5.32 Å². The lowest BCUT2D eigenvalue weighted by Crippen LogP contribution is -2.59. The third-order valence-corrected chi connectivity index (χ3v) is 4.67. The summed E-state index contributed by atoms with van der Waals surface area (Å²) in [5, 5.41) is 12.0. The van der Waals surface area contributed by atoms with E-state index >= 15 is 0 Å². The molecule has 2 aliphatic rings. The summed E-state index contributed by atoms with van der Waals surface area (Å²) >= 11 is 0. The number of carbonyl (C=O) groups is 2. The molecule has 1 amide bonds. The van der Waals surface area contributed by atoms with Crippen molar-refractivity contribution in [2.45, 2.75) is 56.5 Å². The number of amides is 1. The second kappa shape index (κ2) is 6.58. The van der Waals surface area contributed by atoms with Crippen molar-refractivity contribution in [1.29, 1.82) is 0 Å². The summed E-state index contributed by atoms with van der Waals surface area (Å²) in [7, 11) is 0. The van der Waals surface area contributed by atoms with Gasteiger partial charge in [-0.15, -0.1) is 0 Å². The lowest BCUT2D eigenvalue weighted by Gasteiger charge is -2.41. The summed E-state index contributed by atoms with van der Waals surface area (Å²) in [6, 6.07) is 9.37. The molecule has 0 spiro atoms. The number of hydrogen-bond acceptors (Lipinski definition) is 4. The van der Waals surface area contributed by atoms with Crippen LogP contribution in [0.4, 0.5) is 4.79 Å². The van der Waals surface area contributed by atoms with Crippen LogP contribution in [-0.2, 0) is 20.9 Å². The SMILES string of the molecule is O=C(O)CC1(NC(=O)OCc2ccccc2)CCC2CCC1O2. The zero-order chi connectivity index (χ0) is 16.3. The molecule has 0 aromatic heterocycles. The number of benzene rings is 1. The Labute approximate surface area is 134 Å². The van der Waals surface area contributed by atoms with Crippen LogP contribution in [0.25, 0.3) is 0 Å². The molecule has 0 saturated carbocycles. The van der Waals surface area contributed by atoms with Crippen molar-refractivity contribution in [2.75, 3.05) is 0 Å². The molecule has 1 aromatic carbocycles. The zero-order valence-electron chi connectivity index (χ0n) is 12.9. The zero-order valence-corrected chi connectivity index (χ0v) is 12.9. The molecule has 23 heavy (non-hydrogen) atoms. The number of nitrogens with one attached hydrogen (secondary N) is 1. The molecule has 0 radical (unpaired) electrons. The second-order valence-electron chi connectivity index (χ2n) is 6.28. The van der Waals surface area contributed by atoms with Gasteiger partial charge in [0, 0.05) is 0 Å². The highest BCUT2D eigenvalue weighted by Crippen LogP contribution is 2.41. The first kappa shape index (κ1) is 15.8. The van der Waals surface area contributed by atoms with E-state index in [0.29, 0.717) is 6.42 Å². The van der Waals surface area contributed by atoms with Crippen LogP contribution in [0.15, 0.2) is 30.3 Å². The van der Waals surface area contributed by atoms with E-state index in [4.69, 9.17) is 9.47 Å². The van der Waals surface area contributed by atoms with Gasteiger partial charge < -0.3 is 19.9 Å². The molecule has 124 valence electrons. The molecule has 3 atom stereocenters. The van der Waals surface area contributed by atoms with Gasteiger partial charge in [0.05, 0.1) is 24.2 Å². The summed E-state index contributed by atoms with van der Waals surface area (Å²) in [5.41, 5.74) is 0.0165. The van der Waals surface area contributed by atoms with E-state index in [9.17, 15) is 14.7 Å². The summed E-state index contributed by atoms with van der Waals surface area (Å²) < 4.78 is 11.1. The molecular weight excluding hydrogens is 298 g/mol. The maximum Gasteiger partial charge on any atom is 0.408 e. The second-order valence-corrected chi connectivity index (χ2v) is 6.28. The number of carboxylic acid groups (broad SMARTS) is 1. The molecule has 6 nitrogen and oxygen atoms in total. The largest absolute Gasteiger partial charge is 0.481 e. The standard InChI is InChI=1S/C17H21NO5/c19-15(20)10-17(9-8-13-6-7-14(17)23-13)18-16(21)22-11-12-4-2-1-3-5-12/h1-5,13-14H,6-11H2,(H,18,21)(H,19,20). The van der Waals surface area contributed by atoms with Crippen LogP contribution in [0, 0.1) is 0 Å². The predicted molar refractivity (Wildman–Crippen MR) is 81.9 cm³/mol. The Bertz CT molecular complexity index is 576. The number of fused-ring (bicyclic) bond motifs is 2. The molecule has 2 saturated heterocycles. The molecule has 2 heterocycles. The van der Waals surface area contributed by atoms with Gasteiger partial charge in [-0.05, 0) is 31.2 Å². The van der Waals surface area contributed by atoms with Crippen LogP contribution in [-0.4, -0.2) is 34.9 Å². The molecule has 0 aliphatic carbocycles. The maximum atomic E-state index is 12.2. The van der Waals surface area contributed by atoms with Crippen molar-refractivity contribution in [3.63, 3.8) is 0 Å². The Morgan fingerprint density at radius 2 is 2.04 bits per heavy atom. The molecular formula is C17H21NO5. The lowest BCUT2D eigenvalue weighted by molar-refractivity contribution is -0.143. The number of ether oxygens (including phenoxy) is 2. The number of alkyl carbamates (subject to hydrolysis) is 1. The first-order chi connectivity index (χ1) is 11.1. The molecule has 2 bridgehead atoms. The number of hydrogen-bond donors (Lipinski definition) is 2. The van der Waals surface area contributed by atoms with Gasteiger partial charge in [0.25, 0.3) is 0 Å².